The van der Waals surface area contributed by atoms with E-state index in [-0.39, 0.29) is 11.3 Å². The fourth-order valence-electron chi connectivity index (χ4n) is 1.41. The molecule has 0 bridgehead atoms. The Labute approximate surface area is 137 Å². The summed E-state index contributed by atoms with van der Waals surface area (Å²) < 4.78 is 77.5. The van der Waals surface area contributed by atoms with E-state index < -0.39 is 34.1 Å². The maximum absolute atomic E-state index is 12.7. The Morgan fingerprint density at radius 2 is 2.00 bits per heavy atom. The van der Waals surface area contributed by atoms with Crippen LogP contribution in [0.5, 0.6) is 5.75 Å². The molecule has 0 aliphatic carbocycles. The Morgan fingerprint density at radius 1 is 1.41 bits per heavy atom. The first-order valence-electron chi connectivity index (χ1n) is 5.50. The number of carbonyl (C=O) groups excluding carboxylic acids is 1. The fraction of sp³-hybridized carbons (Fsp3) is 0.364. The van der Waals surface area contributed by atoms with Gasteiger partial charge in [-0.1, -0.05) is 0 Å². The average Bonchev–Trinajstić information content (AvgIpc) is 2.34. The lowest BCUT2D eigenvalue weighted by molar-refractivity contribution is -0.197. The number of alkyl halides is 3. The monoisotopic (exact) mass is 454 g/mol. The van der Waals surface area contributed by atoms with Crippen LogP contribution in [0.15, 0.2) is 18.2 Å². The van der Waals surface area contributed by atoms with Crippen molar-refractivity contribution in [3.05, 3.63) is 27.3 Å². The Hall–Kier alpha value is -1.08. The molecule has 0 radical (unpaired) electrons. The van der Waals surface area contributed by atoms with Gasteiger partial charge >= 0.3 is 12.1 Å². The van der Waals surface area contributed by atoms with E-state index >= 15 is 0 Å². The molecular weight excluding hydrogens is 444 g/mol. The summed E-state index contributed by atoms with van der Waals surface area (Å²) in [5.41, 5.74) is -0.299. The summed E-state index contributed by atoms with van der Waals surface area (Å²) in [6.45, 7) is 0. The minimum atomic E-state index is -5.15. The normalized spacial score (nSPS) is 13.5. The molecule has 124 valence electrons. The van der Waals surface area contributed by atoms with Gasteiger partial charge in [-0.15, -0.1) is 0 Å². The quantitative estimate of drug-likeness (QED) is 0.417. The molecule has 0 saturated heterocycles. The summed E-state index contributed by atoms with van der Waals surface area (Å²) in [5.74, 6) is -3.22. The minimum absolute atomic E-state index is 0.0234. The van der Waals surface area contributed by atoms with Crippen molar-refractivity contribution in [2.45, 2.75) is 12.3 Å². The standard InChI is InChI=1S/C11H10F3IO6S/c1-20-8-4-6(15)2-3-7(8)10(16)21-9(11(12,13)14)5-22(17,18)19/h2-4,9H,5H2,1H3,(H,17,18,19). The molecule has 0 spiro atoms. The number of esters is 1. The van der Waals surface area contributed by atoms with Gasteiger partial charge < -0.3 is 9.47 Å². The second-order valence-electron chi connectivity index (χ2n) is 4.03. The van der Waals surface area contributed by atoms with Crippen molar-refractivity contribution in [1.82, 2.24) is 0 Å². The molecule has 0 fully saturated rings. The van der Waals surface area contributed by atoms with Gasteiger partial charge in [0.15, 0.2) is 0 Å². The van der Waals surface area contributed by atoms with Crippen LogP contribution in [0.25, 0.3) is 0 Å². The number of methoxy groups -OCH3 is 1. The molecule has 0 aliphatic heterocycles. The van der Waals surface area contributed by atoms with Crippen LogP contribution >= 0.6 is 22.6 Å². The molecule has 1 rings (SSSR count). The highest BCUT2D eigenvalue weighted by Gasteiger charge is 2.45. The summed E-state index contributed by atoms with van der Waals surface area (Å²) in [4.78, 5) is 11.8. The summed E-state index contributed by atoms with van der Waals surface area (Å²) in [6.07, 6.45) is -8.14. The van der Waals surface area contributed by atoms with Gasteiger partial charge in [-0.25, -0.2) is 4.79 Å². The molecule has 1 aromatic rings. The van der Waals surface area contributed by atoms with Crippen molar-refractivity contribution >= 4 is 38.7 Å². The molecule has 1 aromatic carbocycles. The van der Waals surface area contributed by atoms with Crippen LogP contribution in [0, 0.1) is 3.57 Å². The first-order valence-corrected chi connectivity index (χ1v) is 8.19. The van der Waals surface area contributed by atoms with Gasteiger partial charge in [0.05, 0.1) is 7.11 Å². The minimum Gasteiger partial charge on any atom is -0.496 e. The number of ether oxygens (including phenoxy) is 2. The lowest BCUT2D eigenvalue weighted by Gasteiger charge is -2.20. The van der Waals surface area contributed by atoms with Gasteiger partial charge in [0, 0.05) is 3.57 Å². The molecule has 1 N–H and O–H groups in total. The van der Waals surface area contributed by atoms with Gasteiger partial charge in [-0.05, 0) is 40.8 Å². The van der Waals surface area contributed by atoms with Crippen molar-refractivity contribution < 1.29 is 40.4 Å². The maximum atomic E-state index is 12.7. The molecule has 0 amide bonds. The van der Waals surface area contributed by atoms with Gasteiger partial charge in [-0.3, -0.25) is 4.55 Å². The molecule has 0 aliphatic rings. The lowest BCUT2D eigenvalue weighted by Crippen LogP contribution is -2.39. The van der Waals surface area contributed by atoms with Crippen LogP contribution in [-0.4, -0.2) is 44.1 Å². The number of halogens is 4. The molecule has 6 nitrogen and oxygen atoms in total. The number of rotatable bonds is 5. The van der Waals surface area contributed by atoms with E-state index in [1.807, 2.05) is 22.6 Å². The molecular formula is C11H10F3IO6S. The van der Waals surface area contributed by atoms with Crippen LogP contribution in [0.4, 0.5) is 13.2 Å². The van der Waals surface area contributed by atoms with Crippen molar-refractivity contribution in [2.75, 3.05) is 12.9 Å². The summed E-state index contributed by atoms with van der Waals surface area (Å²) in [5, 5.41) is 0. The van der Waals surface area contributed by atoms with Crippen LogP contribution in [-0.2, 0) is 14.9 Å². The number of hydrogen-bond donors (Lipinski definition) is 1. The molecule has 22 heavy (non-hydrogen) atoms. The zero-order chi connectivity index (χ0) is 17.1. The predicted molar refractivity (Wildman–Crippen MR) is 77.4 cm³/mol. The Bertz CT molecular complexity index is 658. The van der Waals surface area contributed by atoms with Crippen molar-refractivity contribution in [2.24, 2.45) is 0 Å². The Kier molecular flexibility index (Phi) is 6.03. The number of hydrogen-bond acceptors (Lipinski definition) is 5. The largest absolute Gasteiger partial charge is 0.496 e. The summed E-state index contributed by atoms with van der Waals surface area (Å²) >= 11 is 1.90. The van der Waals surface area contributed by atoms with Crippen molar-refractivity contribution in [3.63, 3.8) is 0 Å². The third kappa shape index (κ3) is 5.61. The summed E-state index contributed by atoms with van der Waals surface area (Å²) in [6, 6.07) is 4.01. The molecule has 0 aromatic heterocycles. The molecule has 1 atom stereocenters. The number of carbonyl (C=O) groups is 1. The number of benzene rings is 1. The second kappa shape index (κ2) is 7.00. The van der Waals surface area contributed by atoms with E-state index in [0.717, 1.165) is 0 Å². The van der Waals surface area contributed by atoms with Crippen LogP contribution < -0.4 is 4.74 Å². The third-order valence-electron chi connectivity index (χ3n) is 2.36. The second-order valence-corrected chi connectivity index (χ2v) is 6.77. The predicted octanol–water partition coefficient (Wildman–Crippen LogP) is 2.28. The molecule has 0 saturated carbocycles. The maximum Gasteiger partial charge on any atom is 0.426 e. The summed E-state index contributed by atoms with van der Waals surface area (Å²) in [7, 11) is -3.78. The smallest absolute Gasteiger partial charge is 0.426 e. The van der Waals surface area contributed by atoms with Crippen molar-refractivity contribution in [1.29, 1.82) is 0 Å². The van der Waals surface area contributed by atoms with Gasteiger partial charge in [0.2, 0.25) is 6.10 Å². The molecule has 1 unspecified atom stereocenters. The molecule has 0 heterocycles. The van der Waals surface area contributed by atoms with E-state index in [1.165, 1.54) is 25.3 Å². The topological polar surface area (TPSA) is 89.9 Å². The third-order valence-corrected chi connectivity index (χ3v) is 3.75. The Morgan fingerprint density at radius 3 is 2.45 bits per heavy atom. The van der Waals surface area contributed by atoms with E-state index in [2.05, 4.69) is 4.74 Å². The zero-order valence-corrected chi connectivity index (χ0v) is 13.9. The van der Waals surface area contributed by atoms with Crippen LogP contribution in [0.1, 0.15) is 10.4 Å². The lowest BCUT2D eigenvalue weighted by atomic mass is 10.2. The average molecular weight is 454 g/mol. The van der Waals surface area contributed by atoms with E-state index in [4.69, 9.17) is 9.29 Å². The van der Waals surface area contributed by atoms with Gasteiger partial charge in [-0.2, -0.15) is 21.6 Å². The van der Waals surface area contributed by atoms with Crippen molar-refractivity contribution in [3.8, 4) is 5.75 Å². The van der Waals surface area contributed by atoms with Crippen LogP contribution in [0.2, 0.25) is 0 Å². The first-order chi connectivity index (χ1) is 9.94. The Balaban J connectivity index is 3.06. The van der Waals surface area contributed by atoms with E-state index in [1.54, 1.807) is 0 Å². The van der Waals surface area contributed by atoms with E-state index in [9.17, 15) is 26.4 Å². The zero-order valence-electron chi connectivity index (χ0n) is 10.9. The highest BCUT2D eigenvalue weighted by Crippen LogP contribution is 2.27. The SMILES string of the molecule is COc1cc(I)ccc1C(=O)OC(CS(=O)(=O)O)C(F)(F)F. The van der Waals surface area contributed by atoms with E-state index in [0.29, 0.717) is 3.57 Å². The highest BCUT2D eigenvalue weighted by molar-refractivity contribution is 14.1. The molecule has 11 heteroatoms. The highest BCUT2D eigenvalue weighted by atomic mass is 127. The fourth-order valence-corrected chi connectivity index (χ4v) is 2.52. The van der Waals surface area contributed by atoms with Gasteiger partial charge in [0.25, 0.3) is 10.1 Å². The van der Waals surface area contributed by atoms with Gasteiger partial charge in [0.1, 0.15) is 17.1 Å². The first kappa shape index (κ1) is 19.0. The van der Waals surface area contributed by atoms with Crippen LogP contribution in [0.3, 0.4) is 0 Å².